The Morgan fingerprint density at radius 2 is 2.10 bits per heavy atom. The molecule has 1 aliphatic heterocycles. The van der Waals surface area contributed by atoms with Crippen LogP contribution in [0.3, 0.4) is 0 Å². The van der Waals surface area contributed by atoms with Crippen molar-refractivity contribution in [2.45, 2.75) is 52.2 Å². The van der Waals surface area contributed by atoms with Gasteiger partial charge in [0, 0.05) is 24.5 Å². The van der Waals surface area contributed by atoms with Gasteiger partial charge in [-0.05, 0) is 44.4 Å². The second-order valence-electron chi connectivity index (χ2n) is 7.33. The highest BCUT2D eigenvalue weighted by Crippen LogP contribution is 2.36. The molecule has 0 radical (unpaired) electrons. The van der Waals surface area contributed by atoms with Gasteiger partial charge in [-0.3, -0.25) is 4.79 Å². The molecular formula is C22H28O7. The van der Waals surface area contributed by atoms with Crippen LogP contribution in [0.15, 0.2) is 47.1 Å². The van der Waals surface area contributed by atoms with Crippen molar-refractivity contribution in [1.82, 2.24) is 0 Å². The van der Waals surface area contributed by atoms with E-state index < -0.39 is 36.0 Å². The maximum absolute atomic E-state index is 12.5. The van der Waals surface area contributed by atoms with Crippen molar-refractivity contribution in [2.24, 2.45) is 5.92 Å². The zero-order chi connectivity index (χ0) is 21.6. The van der Waals surface area contributed by atoms with Crippen LogP contribution in [0.25, 0.3) is 0 Å². The Morgan fingerprint density at radius 1 is 1.38 bits per heavy atom. The van der Waals surface area contributed by atoms with Crippen molar-refractivity contribution >= 4 is 17.9 Å². The zero-order valence-corrected chi connectivity index (χ0v) is 17.1. The maximum Gasteiger partial charge on any atom is 0.334 e. The largest absolute Gasteiger partial charge is 0.461 e. The predicted molar refractivity (Wildman–Crippen MR) is 106 cm³/mol. The first-order valence-electron chi connectivity index (χ1n) is 9.59. The summed E-state index contributed by atoms with van der Waals surface area (Å²) >= 11 is 0. The molecule has 0 spiro atoms. The average Bonchev–Trinajstić information content (AvgIpc) is 2.92. The molecule has 7 heteroatoms. The number of hydrogen-bond donors (Lipinski definition) is 1. The summed E-state index contributed by atoms with van der Waals surface area (Å²) in [6.07, 6.45) is 5.64. The Labute approximate surface area is 170 Å². The number of fused-ring (bicyclic) bond motifs is 1. The van der Waals surface area contributed by atoms with Gasteiger partial charge < -0.3 is 19.3 Å². The summed E-state index contributed by atoms with van der Waals surface area (Å²) in [6, 6.07) is 0. The van der Waals surface area contributed by atoms with Crippen molar-refractivity contribution in [3.8, 4) is 0 Å². The van der Waals surface area contributed by atoms with E-state index in [1.807, 2.05) is 19.1 Å². The van der Waals surface area contributed by atoms with E-state index >= 15 is 0 Å². The van der Waals surface area contributed by atoms with Crippen LogP contribution < -0.4 is 0 Å². The van der Waals surface area contributed by atoms with Crippen LogP contribution in [-0.4, -0.2) is 48.4 Å². The highest BCUT2D eigenvalue weighted by molar-refractivity contribution is 5.92. The van der Waals surface area contributed by atoms with E-state index in [1.54, 1.807) is 6.92 Å². The second kappa shape index (κ2) is 10.2. The first kappa shape index (κ1) is 22.6. The molecule has 3 atom stereocenters. The molecule has 0 aromatic rings. The SMILES string of the molecule is C=C1C(=O)O[C@@H]2/C=C(/C)CC/C=C(\COC(C)=O)C[C@@H](OC(=O)/C(C)=C/CO)[C@@H]12. The lowest BCUT2D eigenvalue weighted by atomic mass is 9.85. The van der Waals surface area contributed by atoms with Crippen molar-refractivity contribution in [3.63, 3.8) is 0 Å². The molecule has 7 nitrogen and oxygen atoms in total. The van der Waals surface area contributed by atoms with Crippen LogP contribution in [0.1, 0.15) is 40.0 Å². The van der Waals surface area contributed by atoms with Gasteiger partial charge in [-0.1, -0.05) is 18.2 Å². The van der Waals surface area contributed by atoms with Gasteiger partial charge in [0.2, 0.25) is 0 Å². The fourth-order valence-electron chi connectivity index (χ4n) is 3.39. The molecule has 1 heterocycles. The third-order valence-electron chi connectivity index (χ3n) is 4.98. The molecule has 0 aromatic heterocycles. The first-order valence-corrected chi connectivity index (χ1v) is 9.59. The lowest BCUT2D eigenvalue weighted by molar-refractivity contribution is -0.148. The molecular weight excluding hydrogens is 376 g/mol. The molecule has 1 saturated heterocycles. The molecule has 2 rings (SSSR count). The van der Waals surface area contributed by atoms with Crippen LogP contribution in [0.4, 0.5) is 0 Å². The van der Waals surface area contributed by atoms with E-state index in [0.29, 0.717) is 0 Å². The quantitative estimate of drug-likeness (QED) is 0.325. The number of carbonyl (C=O) groups is 3. The lowest BCUT2D eigenvalue weighted by Crippen LogP contribution is -2.34. The van der Waals surface area contributed by atoms with Crippen LogP contribution in [0.2, 0.25) is 0 Å². The smallest absolute Gasteiger partial charge is 0.334 e. The fourth-order valence-corrected chi connectivity index (χ4v) is 3.39. The molecule has 29 heavy (non-hydrogen) atoms. The minimum Gasteiger partial charge on any atom is -0.461 e. The molecule has 0 bridgehead atoms. The summed E-state index contributed by atoms with van der Waals surface area (Å²) in [5.74, 6) is -2.07. The average molecular weight is 404 g/mol. The molecule has 1 aliphatic carbocycles. The zero-order valence-electron chi connectivity index (χ0n) is 17.1. The Bertz CT molecular complexity index is 772. The van der Waals surface area contributed by atoms with Crippen molar-refractivity contribution in [1.29, 1.82) is 0 Å². The minimum atomic E-state index is -0.738. The molecule has 0 unspecified atom stereocenters. The number of allylic oxidation sites excluding steroid dienone is 2. The lowest BCUT2D eigenvalue weighted by Gasteiger charge is -2.28. The molecule has 158 valence electrons. The summed E-state index contributed by atoms with van der Waals surface area (Å²) in [5, 5.41) is 9.03. The number of rotatable bonds is 5. The Hall–Kier alpha value is -2.67. The predicted octanol–water partition coefficient (Wildman–Crippen LogP) is 2.55. The molecule has 0 aromatic carbocycles. The highest BCUT2D eigenvalue weighted by Gasteiger charge is 2.44. The second-order valence-corrected chi connectivity index (χ2v) is 7.33. The van der Waals surface area contributed by atoms with Gasteiger partial charge in [0.15, 0.2) is 0 Å². The van der Waals surface area contributed by atoms with Gasteiger partial charge in [0.25, 0.3) is 0 Å². The normalized spacial score (nSPS) is 29.0. The summed E-state index contributed by atoms with van der Waals surface area (Å²) in [5.41, 5.74) is 2.33. The summed E-state index contributed by atoms with van der Waals surface area (Å²) in [6.45, 7) is 8.47. The standard InChI is InChI=1S/C22H28O7/c1-13-6-5-7-17(12-27-16(4)24)11-19(28-21(25)14(2)8-9-23)20-15(3)22(26)29-18(20)10-13/h7-8,10,18-20,23H,3,5-6,9,11-12H2,1-2,4H3/b13-10-,14-8+,17-7-/t18-,19-,20+/m1/s1. The van der Waals surface area contributed by atoms with Crippen molar-refractivity contribution < 1.29 is 33.7 Å². The van der Waals surface area contributed by atoms with Gasteiger partial charge in [-0.2, -0.15) is 0 Å². The Kier molecular flexibility index (Phi) is 7.96. The number of esters is 3. The van der Waals surface area contributed by atoms with Crippen LogP contribution in [0.5, 0.6) is 0 Å². The third kappa shape index (κ3) is 6.15. The van der Waals surface area contributed by atoms with Crippen LogP contribution >= 0.6 is 0 Å². The molecule has 0 saturated carbocycles. The maximum atomic E-state index is 12.5. The summed E-state index contributed by atoms with van der Waals surface area (Å²) in [7, 11) is 0. The van der Waals surface area contributed by atoms with Crippen molar-refractivity contribution in [3.05, 3.63) is 47.1 Å². The molecule has 1 N–H and O–H groups in total. The first-order chi connectivity index (χ1) is 13.7. The summed E-state index contributed by atoms with van der Waals surface area (Å²) < 4.78 is 16.3. The topological polar surface area (TPSA) is 99.1 Å². The Morgan fingerprint density at radius 3 is 2.76 bits per heavy atom. The number of aliphatic hydroxyl groups is 1. The molecule has 2 aliphatic rings. The molecule has 0 amide bonds. The number of ether oxygens (including phenoxy) is 3. The Balaban J connectivity index is 2.39. The highest BCUT2D eigenvalue weighted by atomic mass is 16.6. The van der Waals surface area contributed by atoms with Crippen LogP contribution in [-0.2, 0) is 28.6 Å². The van der Waals surface area contributed by atoms with E-state index in [1.165, 1.54) is 13.0 Å². The number of carbonyl (C=O) groups excluding carboxylic acids is 3. The fraction of sp³-hybridized carbons (Fsp3) is 0.500. The molecule has 1 fully saturated rings. The van der Waals surface area contributed by atoms with Gasteiger partial charge in [0.1, 0.15) is 18.8 Å². The van der Waals surface area contributed by atoms with E-state index in [9.17, 15) is 14.4 Å². The van der Waals surface area contributed by atoms with Gasteiger partial charge >= 0.3 is 17.9 Å². The number of hydrogen-bond acceptors (Lipinski definition) is 7. The van der Waals surface area contributed by atoms with E-state index in [-0.39, 0.29) is 30.8 Å². The van der Waals surface area contributed by atoms with Crippen LogP contribution in [0, 0.1) is 5.92 Å². The number of aliphatic hydroxyl groups excluding tert-OH is 1. The monoisotopic (exact) mass is 404 g/mol. The van der Waals surface area contributed by atoms with Gasteiger partial charge in [-0.25, -0.2) is 9.59 Å². The minimum absolute atomic E-state index is 0.0796. The van der Waals surface area contributed by atoms with E-state index in [4.69, 9.17) is 19.3 Å². The van der Waals surface area contributed by atoms with Crippen molar-refractivity contribution in [2.75, 3.05) is 13.2 Å². The van der Waals surface area contributed by atoms with Gasteiger partial charge in [0.05, 0.1) is 12.5 Å². The summed E-state index contributed by atoms with van der Waals surface area (Å²) in [4.78, 5) is 35.9. The third-order valence-corrected chi connectivity index (χ3v) is 4.98. The van der Waals surface area contributed by atoms with E-state index in [2.05, 4.69) is 6.58 Å². The van der Waals surface area contributed by atoms with E-state index in [0.717, 1.165) is 24.0 Å². The van der Waals surface area contributed by atoms with Gasteiger partial charge in [-0.15, -0.1) is 0 Å².